The third-order valence-corrected chi connectivity index (χ3v) is 3.23. The van der Waals surface area contributed by atoms with Gasteiger partial charge in [0, 0.05) is 16.9 Å². The van der Waals surface area contributed by atoms with E-state index in [-0.39, 0.29) is 11.7 Å². The molecule has 6 heteroatoms. The lowest BCUT2D eigenvalue weighted by atomic mass is 10.1. The van der Waals surface area contributed by atoms with Gasteiger partial charge in [0.1, 0.15) is 5.82 Å². The van der Waals surface area contributed by atoms with E-state index in [0.29, 0.717) is 4.47 Å². The first-order valence-electron chi connectivity index (χ1n) is 5.99. The van der Waals surface area contributed by atoms with Crippen molar-refractivity contribution in [2.45, 2.75) is 13.0 Å². The highest BCUT2D eigenvalue weighted by Crippen LogP contribution is 2.19. The number of pyridine rings is 1. The molecule has 1 atom stereocenters. The highest BCUT2D eigenvalue weighted by Gasteiger charge is 2.11. The summed E-state index contributed by atoms with van der Waals surface area (Å²) >= 11 is 3.16. The van der Waals surface area contributed by atoms with Crippen LogP contribution in [0.2, 0.25) is 0 Å². The number of amides is 2. The van der Waals surface area contributed by atoms with Crippen LogP contribution >= 0.6 is 15.9 Å². The van der Waals surface area contributed by atoms with Crippen LogP contribution in [0.4, 0.5) is 14.9 Å². The van der Waals surface area contributed by atoms with Gasteiger partial charge in [-0.25, -0.2) is 9.18 Å². The summed E-state index contributed by atoms with van der Waals surface area (Å²) in [7, 11) is 0. The third kappa shape index (κ3) is 3.77. The molecule has 1 aromatic heterocycles. The highest BCUT2D eigenvalue weighted by molar-refractivity contribution is 9.10. The van der Waals surface area contributed by atoms with Crippen molar-refractivity contribution in [1.29, 1.82) is 0 Å². The second kappa shape index (κ2) is 6.47. The molecule has 1 heterocycles. The van der Waals surface area contributed by atoms with Crippen molar-refractivity contribution in [2.24, 2.45) is 0 Å². The number of nitrogens with one attached hydrogen (secondary N) is 2. The molecule has 104 valence electrons. The molecule has 2 N–H and O–H groups in total. The highest BCUT2D eigenvalue weighted by atomic mass is 79.9. The fraction of sp³-hybridized carbons (Fsp3) is 0.143. The number of hydrogen-bond donors (Lipinski definition) is 2. The lowest BCUT2D eigenvalue weighted by Crippen LogP contribution is -2.31. The van der Waals surface area contributed by atoms with Crippen molar-refractivity contribution >= 4 is 27.6 Å². The van der Waals surface area contributed by atoms with Crippen molar-refractivity contribution in [1.82, 2.24) is 10.3 Å². The van der Waals surface area contributed by atoms with Gasteiger partial charge in [-0.1, -0.05) is 15.9 Å². The minimum Gasteiger partial charge on any atom is -0.331 e. The van der Waals surface area contributed by atoms with Gasteiger partial charge < -0.3 is 10.6 Å². The maximum atomic E-state index is 13.6. The Morgan fingerprint density at radius 3 is 2.65 bits per heavy atom. The van der Waals surface area contributed by atoms with E-state index in [1.807, 2.05) is 19.1 Å². The molecule has 0 aliphatic heterocycles. The van der Waals surface area contributed by atoms with E-state index >= 15 is 0 Å². The van der Waals surface area contributed by atoms with Gasteiger partial charge in [-0.05, 0) is 42.8 Å². The van der Waals surface area contributed by atoms with E-state index in [0.717, 1.165) is 5.56 Å². The Morgan fingerprint density at radius 2 is 2.00 bits per heavy atom. The zero-order valence-corrected chi connectivity index (χ0v) is 12.3. The summed E-state index contributed by atoms with van der Waals surface area (Å²) in [4.78, 5) is 15.7. The fourth-order valence-electron chi connectivity index (χ4n) is 1.68. The summed E-state index contributed by atoms with van der Waals surface area (Å²) in [5, 5.41) is 5.21. The zero-order chi connectivity index (χ0) is 14.5. The Bertz CT molecular complexity index is 607. The Labute approximate surface area is 124 Å². The van der Waals surface area contributed by atoms with E-state index in [1.54, 1.807) is 18.5 Å². The van der Waals surface area contributed by atoms with E-state index in [9.17, 15) is 9.18 Å². The van der Waals surface area contributed by atoms with E-state index in [4.69, 9.17) is 0 Å². The van der Waals surface area contributed by atoms with Crippen LogP contribution in [0.1, 0.15) is 18.5 Å². The SMILES string of the molecule is CC(NC(=O)Nc1ccc(Br)cc1F)c1ccncc1. The molecule has 4 nitrogen and oxygen atoms in total. The molecule has 1 aromatic carbocycles. The van der Waals surface area contributed by atoms with Crippen LogP contribution in [-0.2, 0) is 0 Å². The predicted octanol–water partition coefficient (Wildman–Crippen LogP) is 3.87. The first-order valence-corrected chi connectivity index (χ1v) is 6.78. The van der Waals surface area contributed by atoms with Crippen molar-refractivity contribution in [3.63, 3.8) is 0 Å². The number of benzene rings is 1. The minimum atomic E-state index is -0.494. The number of aromatic nitrogens is 1. The number of urea groups is 1. The maximum absolute atomic E-state index is 13.6. The lowest BCUT2D eigenvalue weighted by Gasteiger charge is -2.15. The van der Waals surface area contributed by atoms with Gasteiger partial charge in [0.15, 0.2) is 0 Å². The second-order valence-corrected chi connectivity index (χ2v) is 5.14. The largest absolute Gasteiger partial charge is 0.331 e. The molecule has 2 rings (SSSR count). The zero-order valence-electron chi connectivity index (χ0n) is 10.7. The van der Waals surface area contributed by atoms with Gasteiger partial charge in [0.25, 0.3) is 0 Å². The molecule has 20 heavy (non-hydrogen) atoms. The summed E-state index contributed by atoms with van der Waals surface area (Å²) < 4.78 is 14.2. The Hall–Kier alpha value is -1.95. The molecule has 0 aliphatic carbocycles. The predicted molar refractivity (Wildman–Crippen MR) is 78.9 cm³/mol. The number of anilines is 1. The first kappa shape index (κ1) is 14.5. The third-order valence-electron chi connectivity index (χ3n) is 2.73. The van der Waals surface area contributed by atoms with Gasteiger partial charge in [-0.2, -0.15) is 0 Å². The monoisotopic (exact) mass is 337 g/mol. The number of hydrogen-bond acceptors (Lipinski definition) is 2. The second-order valence-electron chi connectivity index (χ2n) is 4.22. The van der Waals surface area contributed by atoms with Crippen LogP contribution < -0.4 is 10.6 Å². The average Bonchev–Trinajstić information content (AvgIpc) is 2.43. The molecular formula is C14H13BrFN3O. The molecule has 0 saturated carbocycles. The van der Waals surface area contributed by atoms with Crippen molar-refractivity contribution < 1.29 is 9.18 Å². The summed E-state index contributed by atoms with van der Waals surface area (Å²) in [6, 6.07) is 7.41. The summed E-state index contributed by atoms with van der Waals surface area (Å²) in [6.45, 7) is 1.84. The number of carbonyl (C=O) groups is 1. The molecule has 0 saturated heterocycles. The molecule has 0 radical (unpaired) electrons. The minimum absolute atomic E-state index is 0.132. The van der Waals surface area contributed by atoms with Gasteiger partial charge in [-0.3, -0.25) is 4.98 Å². The van der Waals surface area contributed by atoms with Crippen LogP contribution in [0, 0.1) is 5.82 Å². The standard InChI is InChI=1S/C14H13BrFN3O/c1-9(10-4-6-17-7-5-10)18-14(20)19-13-3-2-11(15)8-12(13)16/h2-9H,1H3,(H2,18,19,20). The fourth-order valence-corrected chi connectivity index (χ4v) is 2.01. The van der Waals surface area contributed by atoms with Crippen LogP contribution in [0.25, 0.3) is 0 Å². The molecule has 0 spiro atoms. The Kier molecular flexibility index (Phi) is 4.68. The average molecular weight is 338 g/mol. The van der Waals surface area contributed by atoms with Crippen LogP contribution in [0.15, 0.2) is 47.2 Å². The molecule has 0 fully saturated rings. The first-order chi connectivity index (χ1) is 9.56. The maximum Gasteiger partial charge on any atom is 0.319 e. The van der Waals surface area contributed by atoms with Crippen molar-refractivity contribution in [3.8, 4) is 0 Å². The summed E-state index contributed by atoms with van der Waals surface area (Å²) in [6.07, 6.45) is 3.31. The number of nitrogens with zero attached hydrogens (tertiary/aromatic N) is 1. The molecule has 1 unspecified atom stereocenters. The smallest absolute Gasteiger partial charge is 0.319 e. The molecule has 0 bridgehead atoms. The van der Waals surface area contributed by atoms with E-state index in [2.05, 4.69) is 31.5 Å². The molecule has 2 aromatic rings. The van der Waals surface area contributed by atoms with Crippen molar-refractivity contribution in [2.75, 3.05) is 5.32 Å². The lowest BCUT2D eigenvalue weighted by molar-refractivity contribution is 0.249. The Morgan fingerprint density at radius 1 is 1.30 bits per heavy atom. The normalized spacial score (nSPS) is 11.8. The van der Waals surface area contributed by atoms with E-state index < -0.39 is 11.8 Å². The van der Waals surface area contributed by atoms with Crippen LogP contribution in [-0.4, -0.2) is 11.0 Å². The van der Waals surface area contributed by atoms with Crippen molar-refractivity contribution in [3.05, 3.63) is 58.6 Å². The topological polar surface area (TPSA) is 54.0 Å². The number of carbonyl (C=O) groups excluding carboxylic acids is 1. The van der Waals surface area contributed by atoms with Gasteiger partial charge in [0.2, 0.25) is 0 Å². The quantitative estimate of drug-likeness (QED) is 0.893. The molecule has 0 aliphatic rings. The van der Waals surface area contributed by atoms with Gasteiger partial charge >= 0.3 is 6.03 Å². The van der Waals surface area contributed by atoms with Crippen LogP contribution in [0.5, 0.6) is 0 Å². The number of rotatable bonds is 3. The van der Waals surface area contributed by atoms with Gasteiger partial charge in [0.05, 0.1) is 11.7 Å². The molecular weight excluding hydrogens is 325 g/mol. The molecule has 2 amide bonds. The number of halogens is 2. The van der Waals surface area contributed by atoms with Gasteiger partial charge in [-0.15, -0.1) is 0 Å². The summed E-state index contributed by atoms with van der Waals surface area (Å²) in [5.41, 5.74) is 1.05. The summed E-state index contributed by atoms with van der Waals surface area (Å²) in [5.74, 6) is -0.494. The van der Waals surface area contributed by atoms with Crippen LogP contribution in [0.3, 0.4) is 0 Å². The Balaban J connectivity index is 1.99. The van der Waals surface area contributed by atoms with E-state index in [1.165, 1.54) is 12.1 Å².